The van der Waals surface area contributed by atoms with Crippen molar-refractivity contribution < 1.29 is 17.9 Å². The van der Waals surface area contributed by atoms with Gasteiger partial charge in [-0.25, -0.2) is 8.42 Å². The van der Waals surface area contributed by atoms with Crippen LogP contribution in [0.3, 0.4) is 0 Å². The largest absolute Gasteiger partial charge is 0.497 e. The van der Waals surface area contributed by atoms with E-state index in [0.717, 1.165) is 11.3 Å². The van der Waals surface area contributed by atoms with Gasteiger partial charge in [0.15, 0.2) is 0 Å². The fraction of sp³-hybridized carbons (Fsp3) is 0.273. The molecule has 0 fully saturated rings. The number of hydrogen-bond acceptors (Lipinski definition) is 5. The van der Waals surface area contributed by atoms with Gasteiger partial charge in [-0.15, -0.1) is 0 Å². The second-order valence-electron chi connectivity index (χ2n) is 6.99. The van der Waals surface area contributed by atoms with E-state index in [4.69, 9.17) is 4.74 Å². The fourth-order valence-corrected chi connectivity index (χ4v) is 4.25. The molecule has 0 atom stereocenters. The van der Waals surface area contributed by atoms with Crippen LogP contribution in [0.25, 0.3) is 0 Å². The van der Waals surface area contributed by atoms with Crippen molar-refractivity contribution in [3.63, 3.8) is 0 Å². The second kappa shape index (κ2) is 9.58. The van der Waals surface area contributed by atoms with E-state index in [0.29, 0.717) is 36.5 Å². The molecule has 1 amide bonds. The van der Waals surface area contributed by atoms with Gasteiger partial charge in [0, 0.05) is 24.9 Å². The Kier molecular flexibility index (Phi) is 6.89. The summed E-state index contributed by atoms with van der Waals surface area (Å²) in [4.78, 5) is 17.3. The van der Waals surface area contributed by atoms with Crippen molar-refractivity contribution in [3.05, 3.63) is 76.5 Å². The number of pyridine rings is 1. The zero-order valence-electron chi connectivity index (χ0n) is 17.0. The minimum Gasteiger partial charge on any atom is -0.497 e. The Morgan fingerprint density at radius 3 is 2.67 bits per heavy atom. The van der Waals surface area contributed by atoms with Crippen molar-refractivity contribution in [1.82, 2.24) is 10.3 Å². The van der Waals surface area contributed by atoms with Crippen LogP contribution >= 0.6 is 0 Å². The highest BCUT2D eigenvalue weighted by molar-refractivity contribution is 7.96. The number of carbonyl (C=O) groups excluding carboxylic acids is 1. The van der Waals surface area contributed by atoms with Crippen LogP contribution in [0, 0.1) is 0 Å². The molecule has 0 spiro atoms. The molecular formula is C22H25N3O4S. The molecule has 0 saturated heterocycles. The molecule has 0 bridgehead atoms. The van der Waals surface area contributed by atoms with E-state index >= 15 is 0 Å². The van der Waals surface area contributed by atoms with E-state index in [-0.39, 0.29) is 11.3 Å². The van der Waals surface area contributed by atoms with Crippen LogP contribution in [0.2, 0.25) is 0 Å². The Bertz CT molecular complexity index is 1080. The maximum absolute atomic E-state index is 12.8. The molecule has 30 heavy (non-hydrogen) atoms. The van der Waals surface area contributed by atoms with Crippen molar-refractivity contribution >= 4 is 21.6 Å². The molecule has 0 saturated carbocycles. The summed E-state index contributed by atoms with van der Waals surface area (Å²) in [6.07, 6.45) is 6.79. The highest BCUT2D eigenvalue weighted by atomic mass is 32.2. The van der Waals surface area contributed by atoms with E-state index in [9.17, 15) is 13.2 Å². The lowest BCUT2D eigenvalue weighted by Gasteiger charge is -2.17. The summed E-state index contributed by atoms with van der Waals surface area (Å²) in [6, 6.07) is 10.3. The smallest absolute Gasteiger partial charge is 0.258 e. The van der Waals surface area contributed by atoms with Gasteiger partial charge >= 0.3 is 0 Å². The summed E-state index contributed by atoms with van der Waals surface area (Å²) >= 11 is 0. The average molecular weight is 428 g/mol. The van der Waals surface area contributed by atoms with Gasteiger partial charge in [-0.1, -0.05) is 17.7 Å². The number of amides is 1. The van der Waals surface area contributed by atoms with E-state index in [1.165, 1.54) is 19.2 Å². The van der Waals surface area contributed by atoms with E-state index in [2.05, 4.69) is 15.0 Å². The minimum atomic E-state index is -3.76. The number of ether oxygens (including phenoxy) is 1. The first kappa shape index (κ1) is 21.6. The number of aromatic nitrogens is 1. The Morgan fingerprint density at radius 1 is 1.17 bits per heavy atom. The lowest BCUT2D eigenvalue weighted by atomic mass is 10.1. The molecule has 1 aromatic carbocycles. The maximum atomic E-state index is 12.8. The number of hydrogen-bond donors (Lipinski definition) is 2. The van der Waals surface area contributed by atoms with Crippen molar-refractivity contribution in [1.29, 1.82) is 0 Å². The van der Waals surface area contributed by atoms with Crippen molar-refractivity contribution in [2.24, 2.45) is 0 Å². The number of nitrogens with zero attached hydrogens (tertiary/aromatic N) is 1. The van der Waals surface area contributed by atoms with E-state index in [1.54, 1.807) is 24.4 Å². The van der Waals surface area contributed by atoms with Gasteiger partial charge in [-0.3, -0.25) is 14.5 Å². The van der Waals surface area contributed by atoms with Gasteiger partial charge in [0.2, 0.25) is 0 Å². The number of allylic oxidation sites excluding steroid dienone is 4. The van der Waals surface area contributed by atoms with Crippen LogP contribution in [0.4, 0.5) is 5.69 Å². The monoisotopic (exact) mass is 427 g/mol. The van der Waals surface area contributed by atoms with Gasteiger partial charge in [0.1, 0.15) is 5.75 Å². The zero-order valence-corrected chi connectivity index (χ0v) is 17.8. The molecule has 2 N–H and O–H groups in total. The molecule has 0 radical (unpaired) electrons. The number of anilines is 1. The van der Waals surface area contributed by atoms with Crippen LogP contribution in [-0.2, 0) is 16.4 Å². The molecule has 1 aromatic heterocycles. The van der Waals surface area contributed by atoms with Gasteiger partial charge in [-0.05, 0) is 56.2 Å². The van der Waals surface area contributed by atoms with Gasteiger partial charge < -0.3 is 10.1 Å². The summed E-state index contributed by atoms with van der Waals surface area (Å²) in [5.74, 6) is 0.0687. The summed E-state index contributed by atoms with van der Waals surface area (Å²) < 4.78 is 33.4. The van der Waals surface area contributed by atoms with E-state index < -0.39 is 15.9 Å². The highest BCUT2D eigenvalue weighted by Gasteiger charge is 2.22. The first-order valence-corrected chi connectivity index (χ1v) is 11.1. The molecule has 7 nitrogen and oxygen atoms in total. The molecule has 3 rings (SSSR count). The lowest BCUT2D eigenvalue weighted by Crippen LogP contribution is -2.27. The summed E-state index contributed by atoms with van der Waals surface area (Å²) in [5, 5.41) is 2.82. The average Bonchev–Trinajstić information content (AvgIpc) is 2.75. The molecule has 8 heteroatoms. The Balaban J connectivity index is 1.77. The quantitative estimate of drug-likeness (QED) is 0.673. The number of nitrogens with one attached hydrogen (secondary N) is 2. The van der Waals surface area contributed by atoms with Crippen LogP contribution < -0.4 is 14.8 Å². The molecule has 0 aliphatic heterocycles. The zero-order chi connectivity index (χ0) is 21.6. The summed E-state index contributed by atoms with van der Waals surface area (Å²) in [7, 11) is -2.27. The molecule has 0 unspecified atom stereocenters. The third kappa shape index (κ3) is 5.48. The third-order valence-electron chi connectivity index (χ3n) is 4.77. The fourth-order valence-electron chi connectivity index (χ4n) is 3.03. The topological polar surface area (TPSA) is 97.4 Å². The van der Waals surface area contributed by atoms with Crippen molar-refractivity contribution in [2.75, 3.05) is 18.4 Å². The van der Waals surface area contributed by atoms with Crippen LogP contribution in [0.5, 0.6) is 5.75 Å². The predicted octanol–water partition coefficient (Wildman–Crippen LogP) is 3.43. The van der Waals surface area contributed by atoms with Gasteiger partial charge in [0.05, 0.1) is 23.3 Å². The first-order chi connectivity index (χ1) is 14.4. The number of benzene rings is 1. The number of sulfonamides is 1. The normalized spacial score (nSPS) is 13.8. The Hall–Kier alpha value is -3.13. The minimum absolute atomic E-state index is 0.196. The molecule has 1 heterocycles. The third-order valence-corrected chi connectivity index (χ3v) is 6.29. The SMILES string of the molecule is COc1ccc(NS(=O)(=O)C2=CC=C(C)CC2)c(C(=O)NCCc2ccccn2)c1. The molecule has 1 aliphatic rings. The first-order valence-electron chi connectivity index (χ1n) is 9.64. The number of carbonyl (C=O) groups is 1. The molecule has 158 valence electrons. The standard InChI is InChI=1S/C22H25N3O4S/c1-16-6-9-19(10-7-16)30(27,28)25-21-11-8-18(29-2)15-20(21)22(26)24-14-12-17-5-3-4-13-23-17/h3-6,8-9,11,13,15,25H,7,10,12,14H2,1-2H3,(H,24,26). The summed E-state index contributed by atoms with van der Waals surface area (Å²) in [6.45, 7) is 2.33. The molecular weight excluding hydrogens is 402 g/mol. The van der Waals surface area contributed by atoms with Crippen LogP contribution in [0.1, 0.15) is 35.8 Å². The van der Waals surface area contributed by atoms with E-state index in [1.807, 2.05) is 25.1 Å². The van der Waals surface area contributed by atoms with Crippen LogP contribution in [-0.4, -0.2) is 33.0 Å². The number of rotatable bonds is 8. The van der Waals surface area contributed by atoms with Crippen molar-refractivity contribution in [2.45, 2.75) is 26.2 Å². The predicted molar refractivity (Wildman–Crippen MR) is 117 cm³/mol. The van der Waals surface area contributed by atoms with Gasteiger partial charge in [-0.2, -0.15) is 0 Å². The van der Waals surface area contributed by atoms with Gasteiger partial charge in [0.25, 0.3) is 15.9 Å². The Labute approximate surface area is 176 Å². The summed E-state index contributed by atoms with van der Waals surface area (Å²) in [5.41, 5.74) is 2.39. The van der Waals surface area contributed by atoms with Crippen molar-refractivity contribution in [3.8, 4) is 5.75 Å². The number of methoxy groups -OCH3 is 1. The second-order valence-corrected chi connectivity index (χ2v) is 8.73. The van der Waals surface area contributed by atoms with Crippen LogP contribution in [0.15, 0.2) is 65.2 Å². The Morgan fingerprint density at radius 2 is 2.00 bits per heavy atom. The maximum Gasteiger partial charge on any atom is 0.258 e. The molecule has 1 aliphatic carbocycles. The molecule has 2 aromatic rings. The lowest BCUT2D eigenvalue weighted by molar-refractivity contribution is 0.0954. The highest BCUT2D eigenvalue weighted by Crippen LogP contribution is 2.27.